The summed E-state index contributed by atoms with van der Waals surface area (Å²) < 4.78 is 0. The van der Waals surface area contributed by atoms with E-state index in [-0.39, 0.29) is 11.9 Å². The summed E-state index contributed by atoms with van der Waals surface area (Å²) in [5, 5.41) is 2.93. The number of nitrogens with two attached hydrogens (primary N) is 1. The van der Waals surface area contributed by atoms with Crippen molar-refractivity contribution in [2.24, 2.45) is 5.84 Å². The molecule has 0 saturated heterocycles. The van der Waals surface area contributed by atoms with Crippen LogP contribution in [0.5, 0.6) is 0 Å². The number of anilines is 1. The highest BCUT2D eigenvalue weighted by atomic mass is 16.1. The standard InChI is InChI=1S/C14H26N6O/c1-4-20(5-2)8-6-7-11(3)18-14(21)12-9-17-13(19-15)10-16-12/h9-11H,4-8,15H2,1-3H3,(H,17,19)(H,18,21). The van der Waals surface area contributed by atoms with E-state index >= 15 is 0 Å². The van der Waals surface area contributed by atoms with Crippen molar-refractivity contribution < 1.29 is 4.79 Å². The molecule has 0 aliphatic carbocycles. The minimum absolute atomic E-state index is 0.113. The lowest BCUT2D eigenvalue weighted by atomic mass is 10.1. The van der Waals surface area contributed by atoms with Gasteiger partial charge in [0.2, 0.25) is 0 Å². The van der Waals surface area contributed by atoms with Gasteiger partial charge in [-0.2, -0.15) is 0 Å². The van der Waals surface area contributed by atoms with Gasteiger partial charge < -0.3 is 15.6 Å². The molecule has 0 spiro atoms. The van der Waals surface area contributed by atoms with Crippen LogP contribution in [-0.2, 0) is 0 Å². The molecule has 0 aliphatic heterocycles. The fourth-order valence-electron chi connectivity index (χ4n) is 2.05. The van der Waals surface area contributed by atoms with Crippen LogP contribution in [0.15, 0.2) is 12.4 Å². The van der Waals surface area contributed by atoms with Gasteiger partial charge in [-0.15, -0.1) is 0 Å². The first-order valence-electron chi connectivity index (χ1n) is 7.42. The summed E-state index contributed by atoms with van der Waals surface area (Å²) in [5.41, 5.74) is 2.67. The predicted molar refractivity (Wildman–Crippen MR) is 83.8 cm³/mol. The van der Waals surface area contributed by atoms with E-state index in [1.54, 1.807) is 0 Å². The van der Waals surface area contributed by atoms with Gasteiger partial charge in [0.25, 0.3) is 5.91 Å². The molecule has 0 aromatic carbocycles. The van der Waals surface area contributed by atoms with Gasteiger partial charge in [-0.05, 0) is 39.4 Å². The van der Waals surface area contributed by atoms with Gasteiger partial charge in [0.05, 0.1) is 12.4 Å². The van der Waals surface area contributed by atoms with Gasteiger partial charge in [0.1, 0.15) is 5.69 Å². The van der Waals surface area contributed by atoms with Gasteiger partial charge in [-0.3, -0.25) is 4.79 Å². The molecule has 0 fully saturated rings. The highest BCUT2D eigenvalue weighted by Gasteiger charge is 2.11. The maximum absolute atomic E-state index is 12.0. The number of nitrogens with zero attached hydrogens (tertiary/aromatic N) is 3. The van der Waals surface area contributed by atoms with Crippen molar-refractivity contribution in [2.45, 2.75) is 39.7 Å². The second kappa shape index (κ2) is 9.25. The lowest BCUT2D eigenvalue weighted by Gasteiger charge is -2.19. The van der Waals surface area contributed by atoms with Crippen LogP contribution in [0.4, 0.5) is 5.82 Å². The number of aromatic nitrogens is 2. The average Bonchev–Trinajstić information content (AvgIpc) is 2.51. The normalized spacial score (nSPS) is 12.2. The first kappa shape index (κ1) is 17.3. The van der Waals surface area contributed by atoms with Crippen LogP contribution in [0.1, 0.15) is 44.1 Å². The number of carbonyl (C=O) groups excluding carboxylic acids is 1. The van der Waals surface area contributed by atoms with Gasteiger partial charge in [-0.1, -0.05) is 13.8 Å². The maximum Gasteiger partial charge on any atom is 0.271 e. The fourth-order valence-corrected chi connectivity index (χ4v) is 2.05. The number of hydrazine groups is 1. The minimum Gasteiger partial charge on any atom is -0.348 e. The zero-order valence-electron chi connectivity index (χ0n) is 13.1. The molecule has 1 amide bonds. The largest absolute Gasteiger partial charge is 0.348 e. The molecule has 0 saturated carbocycles. The monoisotopic (exact) mass is 294 g/mol. The third-order valence-corrected chi connectivity index (χ3v) is 3.42. The molecule has 1 rings (SSSR count). The van der Waals surface area contributed by atoms with Crippen LogP contribution in [-0.4, -0.2) is 46.5 Å². The second-order valence-corrected chi connectivity index (χ2v) is 4.97. The molecule has 4 N–H and O–H groups in total. The summed E-state index contributed by atoms with van der Waals surface area (Å²) in [6, 6.07) is 0.113. The molecule has 1 aromatic heterocycles. The molecular formula is C14H26N6O. The Morgan fingerprint density at radius 1 is 1.33 bits per heavy atom. The Kier molecular flexibility index (Phi) is 7.63. The predicted octanol–water partition coefficient (Wildman–Crippen LogP) is 1.00. The Morgan fingerprint density at radius 3 is 2.57 bits per heavy atom. The summed E-state index contributed by atoms with van der Waals surface area (Å²) in [7, 11) is 0. The van der Waals surface area contributed by atoms with E-state index in [1.807, 2.05) is 6.92 Å². The SMILES string of the molecule is CCN(CC)CCCC(C)NC(=O)c1cnc(NN)cn1. The number of nitrogen functional groups attached to an aromatic ring is 1. The van der Waals surface area contributed by atoms with Crippen LogP contribution in [0, 0.1) is 0 Å². The molecule has 0 aliphatic rings. The van der Waals surface area contributed by atoms with Crippen LogP contribution >= 0.6 is 0 Å². The van der Waals surface area contributed by atoms with E-state index in [1.165, 1.54) is 12.4 Å². The van der Waals surface area contributed by atoms with Crippen molar-refractivity contribution in [1.82, 2.24) is 20.2 Å². The molecular weight excluding hydrogens is 268 g/mol. The van der Waals surface area contributed by atoms with Crippen molar-refractivity contribution in [1.29, 1.82) is 0 Å². The summed E-state index contributed by atoms with van der Waals surface area (Å²) in [4.78, 5) is 22.3. The third kappa shape index (κ3) is 6.05. The van der Waals surface area contributed by atoms with E-state index in [2.05, 4.69) is 39.5 Å². The lowest BCUT2D eigenvalue weighted by molar-refractivity contribution is 0.0932. The smallest absolute Gasteiger partial charge is 0.271 e. The van der Waals surface area contributed by atoms with Crippen LogP contribution in [0.3, 0.4) is 0 Å². The van der Waals surface area contributed by atoms with E-state index in [4.69, 9.17) is 5.84 Å². The van der Waals surface area contributed by atoms with E-state index in [0.717, 1.165) is 32.5 Å². The van der Waals surface area contributed by atoms with Crippen LogP contribution < -0.4 is 16.6 Å². The molecule has 118 valence electrons. The van der Waals surface area contributed by atoms with Crippen molar-refractivity contribution in [2.75, 3.05) is 25.1 Å². The number of carbonyl (C=O) groups is 1. The fraction of sp³-hybridized carbons (Fsp3) is 0.643. The minimum atomic E-state index is -0.207. The first-order valence-corrected chi connectivity index (χ1v) is 7.42. The first-order chi connectivity index (χ1) is 10.1. The zero-order valence-corrected chi connectivity index (χ0v) is 13.1. The van der Waals surface area contributed by atoms with Gasteiger partial charge in [-0.25, -0.2) is 15.8 Å². The van der Waals surface area contributed by atoms with Crippen molar-refractivity contribution in [3.63, 3.8) is 0 Å². The van der Waals surface area contributed by atoms with Crippen LogP contribution in [0.25, 0.3) is 0 Å². The van der Waals surface area contributed by atoms with Crippen molar-refractivity contribution in [3.05, 3.63) is 18.1 Å². The molecule has 7 heteroatoms. The Balaban J connectivity index is 2.35. The molecule has 0 radical (unpaired) electrons. The maximum atomic E-state index is 12.0. The molecule has 1 atom stereocenters. The quantitative estimate of drug-likeness (QED) is 0.464. The summed E-state index contributed by atoms with van der Waals surface area (Å²) in [5.74, 6) is 5.42. The Bertz CT molecular complexity index is 418. The zero-order chi connectivity index (χ0) is 15.7. The summed E-state index contributed by atoms with van der Waals surface area (Å²) >= 11 is 0. The molecule has 1 heterocycles. The number of nitrogens with one attached hydrogen (secondary N) is 2. The molecule has 7 nitrogen and oxygen atoms in total. The topological polar surface area (TPSA) is 96.2 Å². The lowest BCUT2D eigenvalue weighted by Crippen LogP contribution is -2.34. The Hall–Kier alpha value is -1.73. The van der Waals surface area contributed by atoms with Crippen LogP contribution in [0.2, 0.25) is 0 Å². The van der Waals surface area contributed by atoms with Crippen molar-refractivity contribution in [3.8, 4) is 0 Å². The second-order valence-electron chi connectivity index (χ2n) is 4.97. The van der Waals surface area contributed by atoms with E-state index in [9.17, 15) is 4.79 Å². The molecule has 21 heavy (non-hydrogen) atoms. The number of rotatable bonds is 9. The molecule has 1 aromatic rings. The van der Waals surface area contributed by atoms with Gasteiger partial charge >= 0.3 is 0 Å². The highest BCUT2D eigenvalue weighted by molar-refractivity contribution is 5.92. The van der Waals surface area contributed by atoms with Crippen molar-refractivity contribution >= 4 is 11.7 Å². The molecule has 0 bridgehead atoms. The highest BCUT2D eigenvalue weighted by Crippen LogP contribution is 2.03. The van der Waals surface area contributed by atoms with E-state index < -0.39 is 0 Å². The summed E-state index contributed by atoms with van der Waals surface area (Å²) in [6.45, 7) is 9.51. The number of amides is 1. The van der Waals surface area contributed by atoms with E-state index in [0.29, 0.717) is 11.5 Å². The number of hydrogen-bond donors (Lipinski definition) is 3. The molecule has 1 unspecified atom stereocenters. The Labute approximate surface area is 126 Å². The number of hydrogen-bond acceptors (Lipinski definition) is 6. The summed E-state index contributed by atoms with van der Waals surface area (Å²) in [6.07, 6.45) is 4.84. The van der Waals surface area contributed by atoms with Gasteiger partial charge in [0, 0.05) is 6.04 Å². The third-order valence-electron chi connectivity index (χ3n) is 3.42. The van der Waals surface area contributed by atoms with Gasteiger partial charge in [0.15, 0.2) is 5.82 Å². The average molecular weight is 294 g/mol. The Morgan fingerprint density at radius 2 is 2.05 bits per heavy atom.